The summed E-state index contributed by atoms with van der Waals surface area (Å²) in [6.07, 6.45) is 3.40. The predicted molar refractivity (Wildman–Crippen MR) is 79.2 cm³/mol. The summed E-state index contributed by atoms with van der Waals surface area (Å²) in [6.45, 7) is 6.23. The van der Waals surface area contributed by atoms with Crippen LogP contribution in [0.3, 0.4) is 0 Å². The average Bonchev–Trinajstić information content (AvgIpc) is 2.31. The molecule has 0 fully saturated rings. The van der Waals surface area contributed by atoms with E-state index in [1.807, 2.05) is 0 Å². The first-order valence-corrected chi connectivity index (χ1v) is 9.57. The van der Waals surface area contributed by atoms with E-state index < -0.39 is 0 Å². The molecule has 0 saturated carbocycles. The summed E-state index contributed by atoms with van der Waals surface area (Å²) in [5, 5.41) is 0. The van der Waals surface area contributed by atoms with E-state index in [-0.39, 0.29) is 0 Å². The Morgan fingerprint density at radius 2 is 0.714 bits per heavy atom. The van der Waals surface area contributed by atoms with E-state index >= 15 is 0 Å². The molecule has 0 aromatic heterocycles. The van der Waals surface area contributed by atoms with E-state index in [0.717, 1.165) is 36.5 Å². The fraction of sp³-hybridized carbons (Fsp3) is 1.00. The summed E-state index contributed by atoms with van der Waals surface area (Å²) in [7, 11) is 0. The van der Waals surface area contributed by atoms with E-state index in [0.29, 0.717) is 0 Å². The first kappa shape index (κ1) is 24.9. The van der Waals surface area contributed by atoms with Crippen molar-refractivity contribution < 1.29 is 0 Å². The molecule has 0 saturated heterocycles. The first-order valence-electron chi connectivity index (χ1n) is 4.99. The Morgan fingerprint density at radius 3 is 0.714 bits per heavy atom. The Bertz CT molecular complexity index is 30.8. The van der Waals surface area contributed by atoms with Crippen molar-refractivity contribution in [1.29, 1.82) is 0 Å². The van der Waals surface area contributed by atoms with Crippen LogP contribution in [-0.4, -0.2) is 39.8 Å². The summed E-state index contributed by atoms with van der Waals surface area (Å²) in [4.78, 5) is 2.09. The molecule has 0 N–H and O–H groups in total. The summed E-state index contributed by atoms with van der Waals surface area (Å²) in [5.41, 5.74) is 0. The molecule has 0 aromatic rings. The molecule has 86 valence electrons. The summed E-state index contributed by atoms with van der Waals surface area (Å²) >= 11 is 15.2. The Balaban J connectivity index is -0.0000000492. The van der Waals surface area contributed by atoms with E-state index in [9.17, 15) is 0 Å². The SMILES string of the molecule is CCC[S-].CCC[S-].CCC[S-].[CH3][Sn+3]. The van der Waals surface area contributed by atoms with Crippen LogP contribution in [0.1, 0.15) is 40.0 Å². The van der Waals surface area contributed by atoms with Crippen molar-refractivity contribution >= 4 is 60.4 Å². The summed E-state index contributed by atoms with van der Waals surface area (Å²) < 4.78 is 0. The molecular formula is C10H24S3Sn. The quantitative estimate of drug-likeness (QED) is 0.562. The van der Waals surface area contributed by atoms with Crippen molar-refractivity contribution in [3.05, 3.63) is 0 Å². The molecule has 0 spiro atoms. The molecule has 0 amide bonds. The van der Waals surface area contributed by atoms with Gasteiger partial charge in [0.15, 0.2) is 0 Å². The van der Waals surface area contributed by atoms with Gasteiger partial charge in [-0.05, 0) is 0 Å². The Labute approximate surface area is 122 Å². The molecule has 0 nitrogen and oxygen atoms in total. The topological polar surface area (TPSA) is 0 Å². The van der Waals surface area contributed by atoms with Crippen LogP contribution in [0.5, 0.6) is 0 Å². The van der Waals surface area contributed by atoms with Gasteiger partial charge in [0.1, 0.15) is 0 Å². The molecule has 0 aromatic carbocycles. The van der Waals surface area contributed by atoms with Gasteiger partial charge in [0, 0.05) is 0 Å². The van der Waals surface area contributed by atoms with Gasteiger partial charge >= 0.3 is 27.5 Å². The normalized spacial score (nSPS) is 6.93. The summed E-state index contributed by atoms with van der Waals surface area (Å²) in [6, 6.07) is 0. The molecule has 0 unspecified atom stereocenters. The minimum atomic E-state index is 0.903. The first-order chi connectivity index (χ1) is 6.74. The molecule has 0 aliphatic rings. The van der Waals surface area contributed by atoms with Crippen LogP contribution in [0, 0.1) is 0 Å². The van der Waals surface area contributed by atoms with Crippen LogP contribution in [0.2, 0.25) is 4.94 Å². The monoisotopic (exact) mass is 360 g/mol. The van der Waals surface area contributed by atoms with Gasteiger partial charge in [-0.3, -0.25) is 0 Å². The van der Waals surface area contributed by atoms with Crippen molar-refractivity contribution in [2.75, 3.05) is 17.3 Å². The van der Waals surface area contributed by atoms with Crippen LogP contribution in [-0.2, 0) is 37.9 Å². The molecule has 0 aliphatic carbocycles. The molecule has 0 bridgehead atoms. The van der Waals surface area contributed by atoms with Gasteiger partial charge in [-0.25, -0.2) is 0 Å². The van der Waals surface area contributed by atoms with Crippen LogP contribution in [0.15, 0.2) is 0 Å². The third kappa shape index (κ3) is 97.2. The Hall–Kier alpha value is 1.85. The zero-order valence-corrected chi connectivity index (χ0v) is 15.3. The van der Waals surface area contributed by atoms with Crippen LogP contribution in [0.4, 0.5) is 0 Å². The van der Waals surface area contributed by atoms with Gasteiger partial charge in [-0.15, -0.1) is 0 Å². The maximum absolute atomic E-state index is 4.55. The van der Waals surface area contributed by atoms with Crippen molar-refractivity contribution in [1.82, 2.24) is 0 Å². The van der Waals surface area contributed by atoms with Gasteiger partial charge in [-0.1, -0.05) is 40.0 Å². The van der Waals surface area contributed by atoms with E-state index in [2.05, 4.69) is 63.6 Å². The van der Waals surface area contributed by atoms with Crippen molar-refractivity contribution in [2.24, 2.45) is 0 Å². The van der Waals surface area contributed by atoms with Crippen LogP contribution >= 0.6 is 0 Å². The fourth-order valence-corrected chi connectivity index (χ4v) is 0. The Morgan fingerprint density at radius 1 is 0.643 bits per heavy atom. The second-order valence-corrected chi connectivity index (χ2v) is 3.34. The molecule has 14 heavy (non-hydrogen) atoms. The number of hydrogen-bond acceptors (Lipinski definition) is 3. The molecule has 0 rings (SSSR count). The maximum atomic E-state index is 4.55. The van der Waals surface area contributed by atoms with Gasteiger partial charge in [0.05, 0.1) is 0 Å². The number of hydrogen-bond donors (Lipinski definition) is 0. The molecule has 0 aliphatic heterocycles. The molecule has 0 atom stereocenters. The zero-order valence-electron chi connectivity index (χ0n) is 9.97. The van der Waals surface area contributed by atoms with Crippen LogP contribution in [0.25, 0.3) is 0 Å². The van der Waals surface area contributed by atoms with Gasteiger partial charge in [-0.2, -0.15) is 17.3 Å². The van der Waals surface area contributed by atoms with Crippen molar-refractivity contribution in [3.8, 4) is 0 Å². The summed E-state index contributed by atoms with van der Waals surface area (Å²) in [5.74, 6) is 2.71. The molecule has 0 radical (unpaired) electrons. The van der Waals surface area contributed by atoms with E-state index in [1.165, 1.54) is 0 Å². The zero-order chi connectivity index (χ0) is 12.2. The van der Waals surface area contributed by atoms with E-state index in [4.69, 9.17) is 0 Å². The second kappa shape index (κ2) is 46.2. The Kier molecular flexibility index (Phi) is 82.2. The van der Waals surface area contributed by atoms with Gasteiger partial charge < -0.3 is 37.9 Å². The molecule has 0 heterocycles. The minimum absolute atomic E-state index is 0.903. The van der Waals surface area contributed by atoms with Gasteiger partial charge in [0.25, 0.3) is 0 Å². The number of rotatable bonds is 3. The third-order valence-corrected chi connectivity index (χ3v) is 1.84. The van der Waals surface area contributed by atoms with Gasteiger partial charge in [0.2, 0.25) is 0 Å². The third-order valence-electron chi connectivity index (χ3n) is 0.612. The predicted octanol–water partition coefficient (Wildman–Crippen LogP) is 3.03. The standard InChI is InChI=1S/3C3H8S.CH3.Sn/c3*1-2-3-4;;/h3*4H,2-3H2,1H3;1H3;/q;;;;+3/p-3. The van der Waals surface area contributed by atoms with E-state index in [1.54, 1.807) is 22.5 Å². The average molecular weight is 359 g/mol. The molecule has 4 heteroatoms. The van der Waals surface area contributed by atoms with Crippen molar-refractivity contribution in [2.45, 2.75) is 45.0 Å². The van der Waals surface area contributed by atoms with Crippen LogP contribution < -0.4 is 0 Å². The van der Waals surface area contributed by atoms with Crippen molar-refractivity contribution in [3.63, 3.8) is 0 Å². The fourth-order valence-electron chi connectivity index (χ4n) is 0. The molecular weight excluding hydrogens is 335 g/mol. The second-order valence-electron chi connectivity index (χ2n) is 2.11.